The summed E-state index contributed by atoms with van der Waals surface area (Å²) >= 11 is 0. The van der Waals surface area contributed by atoms with Crippen molar-refractivity contribution in [3.05, 3.63) is 71.8 Å². The number of halogens is 1. The predicted octanol–water partition coefficient (Wildman–Crippen LogP) is 2.26. The second kappa shape index (κ2) is 10.1. The van der Waals surface area contributed by atoms with Crippen molar-refractivity contribution in [2.24, 2.45) is 11.7 Å². The van der Waals surface area contributed by atoms with Crippen molar-refractivity contribution in [1.29, 1.82) is 0 Å². The van der Waals surface area contributed by atoms with Crippen molar-refractivity contribution in [2.45, 2.75) is 18.9 Å². The van der Waals surface area contributed by atoms with E-state index in [-0.39, 0.29) is 24.2 Å². The Kier molecular flexibility index (Phi) is 7.82. The van der Waals surface area contributed by atoms with E-state index in [1.165, 1.54) is 0 Å². The molecule has 27 heavy (non-hydrogen) atoms. The van der Waals surface area contributed by atoms with Crippen molar-refractivity contribution in [2.75, 3.05) is 19.6 Å². The number of benzene rings is 2. The van der Waals surface area contributed by atoms with Crippen molar-refractivity contribution in [3.8, 4) is 0 Å². The van der Waals surface area contributed by atoms with E-state index in [1.54, 1.807) is 12.1 Å². The van der Waals surface area contributed by atoms with Crippen LogP contribution in [0, 0.1) is 5.92 Å². The van der Waals surface area contributed by atoms with Gasteiger partial charge in [-0.25, -0.2) is 0 Å². The van der Waals surface area contributed by atoms with Crippen LogP contribution in [0.15, 0.2) is 60.7 Å². The van der Waals surface area contributed by atoms with Crippen LogP contribution >= 0.6 is 12.4 Å². The molecule has 1 heterocycles. The summed E-state index contributed by atoms with van der Waals surface area (Å²) in [5.74, 6) is 0.0877. The number of amides is 2. The van der Waals surface area contributed by atoms with Crippen LogP contribution in [0.4, 0.5) is 0 Å². The number of likely N-dealkylation sites (tertiary alicyclic amines) is 1. The fourth-order valence-corrected chi connectivity index (χ4v) is 3.33. The highest BCUT2D eigenvalue weighted by Gasteiger charge is 2.31. The zero-order chi connectivity index (χ0) is 18.4. The smallest absolute Gasteiger partial charge is 0.251 e. The van der Waals surface area contributed by atoms with Crippen LogP contribution in [0.3, 0.4) is 0 Å². The minimum Gasteiger partial charge on any atom is -0.341 e. The number of carbonyl (C=O) groups excluding carboxylic acids is 2. The summed E-state index contributed by atoms with van der Waals surface area (Å²) in [5, 5.41) is 2.93. The van der Waals surface area contributed by atoms with Gasteiger partial charge >= 0.3 is 0 Å². The number of carbonyl (C=O) groups is 2. The van der Waals surface area contributed by atoms with Gasteiger partial charge in [0.1, 0.15) is 6.04 Å². The molecule has 2 amide bonds. The minimum absolute atomic E-state index is 0. The van der Waals surface area contributed by atoms with Crippen LogP contribution in [0.1, 0.15) is 22.3 Å². The first-order chi connectivity index (χ1) is 12.7. The summed E-state index contributed by atoms with van der Waals surface area (Å²) in [6, 6.07) is 18.2. The van der Waals surface area contributed by atoms with Gasteiger partial charge in [0.05, 0.1) is 0 Å². The summed E-state index contributed by atoms with van der Waals surface area (Å²) in [5.41, 5.74) is 7.32. The summed E-state index contributed by atoms with van der Waals surface area (Å²) < 4.78 is 0. The molecule has 3 rings (SSSR count). The van der Waals surface area contributed by atoms with Crippen LogP contribution in [-0.2, 0) is 11.2 Å². The lowest BCUT2D eigenvalue weighted by Gasteiger charge is -2.24. The Morgan fingerprint density at radius 1 is 1.07 bits per heavy atom. The number of nitrogens with two attached hydrogens (primary N) is 1. The SMILES string of the molecule is Cl.NCC1CCN(C(=O)C(Cc2ccccc2)NC(=O)c2ccccc2)C1. The monoisotopic (exact) mass is 387 g/mol. The second-order valence-electron chi connectivity index (χ2n) is 6.76. The largest absolute Gasteiger partial charge is 0.341 e. The van der Waals surface area contributed by atoms with Crippen LogP contribution in [0.2, 0.25) is 0 Å². The highest BCUT2D eigenvalue weighted by atomic mass is 35.5. The first-order valence-electron chi connectivity index (χ1n) is 9.06. The lowest BCUT2D eigenvalue weighted by atomic mass is 10.0. The molecule has 0 aromatic heterocycles. The molecule has 1 saturated heterocycles. The van der Waals surface area contributed by atoms with Gasteiger partial charge in [-0.1, -0.05) is 48.5 Å². The van der Waals surface area contributed by atoms with Gasteiger partial charge in [0.2, 0.25) is 5.91 Å². The first kappa shape index (κ1) is 20.9. The molecular weight excluding hydrogens is 362 g/mol. The maximum atomic E-state index is 13.0. The highest BCUT2D eigenvalue weighted by molar-refractivity contribution is 5.97. The average Bonchev–Trinajstić information content (AvgIpc) is 3.17. The van der Waals surface area contributed by atoms with Crippen molar-refractivity contribution >= 4 is 24.2 Å². The topological polar surface area (TPSA) is 75.4 Å². The Labute approximate surface area is 166 Å². The third kappa shape index (κ3) is 5.55. The minimum atomic E-state index is -0.582. The van der Waals surface area contributed by atoms with Gasteiger partial charge in [0, 0.05) is 25.1 Å². The standard InChI is InChI=1S/C21H25N3O2.ClH/c22-14-17-11-12-24(15-17)21(26)19(13-16-7-3-1-4-8-16)23-20(25)18-9-5-2-6-10-18;/h1-10,17,19H,11-15,22H2,(H,23,25);1H. The number of hydrogen-bond donors (Lipinski definition) is 2. The zero-order valence-electron chi connectivity index (χ0n) is 15.2. The van der Waals surface area contributed by atoms with Crippen molar-refractivity contribution < 1.29 is 9.59 Å². The molecule has 3 N–H and O–H groups in total. The maximum Gasteiger partial charge on any atom is 0.251 e. The molecular formula is C21H26ClN3O2. The van der Waals surface area contributed by atoms with Gasteiger partial charge in [-0.15, -0.1) is 12.4 Å². The van der Waals surface area contributed by atoms with Gasteiger partial charge in [0.25, 0.3) is 5.91 Å². The number of nitrogens with zero attached hydrogens (tertiary/aromatic N) is 1. The zero-order valence-corrected chi connectivity index (χ0v) is 16.0. The molecule has 0 aliphatic carbocycles. The summed E-state index contributed by atoms with van der Waals surface area (Å²) in [6.45, 7) is 1.96. The molecule has 0 saturated carbocycles. The third-order valence-corrected chi connectivity index (χ3v) is 4.85. The van der Waals surface area contributed by atoms with Crippen LogP contribution in [-0.4, -0.2) is 42.4 Å². The quantitative estimate of drug-likeness (QED) is 0.798. The Morgan fingerprint density at radius 2 is 1.70 bits per heavy atom. The molecule has 2 aromatic carbocycles. The van der Waals surface area contributed by atoms with Gasteiger partial charge < -0.3 is 16.0 Å². The van der Waals surface area contributed by atoms with Crippen molar-refractivity contribution in [3.63, 3.8) is 0 Å². The molecule has 5 nitrogen and oxygen atoms in total. The van der Waals surface area contributed by atoms with Gasteiger partial charge in [0.15, 0.2) is 0 Å². The number of nitrogens with one attached hydrogen (secondary N) is 1. The van der Waals surface area contributed by atoms with Gasteiger partial charge in [-0.3, -0.25) is 9.59 Å². The molecule has 1 aliphatic heterocycles. The van der Waals surface area contributed by atoms with E-state index in [2.05, 4.69) is 5.32 Å². The van der Waals surface area contributed by atoms with Crippen LogP contribution in [0.5, 0.6) is 0 Å². The Hall–Kier alpha value is -2.37. The van der Waals surface area contributed by atoms with E-state index in [4.69, 9.17) is 5.73 Å². The fraction of sp³-hybridized carbons (Fsp3) is 0.333. The van der Waals surface area contributed by atoms with Crippen LogP contribution < -0.4 is 11.1 Å². The van der Waals surface area contributed by atoms with E-state index in [0.29, 0.717) is 37.5 Å². The van der Waals surface area contributed by atoms with Crippen molar-refractivity contribution in [1.82, 2.24) is 10.2 Å². The van der Waals surface area contributed by atoms with E-state index < -0.39 is 6.04 Å². The molecule has 1 fully saturated rings. The Balaban J connectivity index is 0.00000261. The molecule has 0 spiro atoms. The maximum absolute atomic E-state index is 13.0. The molecule has 0 radical (unpaired) electrons. The molecule has 6 heteroatoms. The molecule has 1 aliphatic rings. The molecule has 2 unspecified atom stereocenters. The van der Waals surface area contributed by atoms with Gasteiger partial charge in [-0.05, 0) is 36.6 Å². The van der Waals surface area contributed by atoms with E-state index >= 15 is 0 Å². The Morgan fingerprint density at radius 3 is 2.30 bits per heavy atom. The number of hydrogen-bond acceptors (Lipinski definition) is 3. The molecule has 0 bridgehead atoms. The van der Waals surface area contributed by atoms with Crippen LogP contribution in [0.25, 0.3) is 0 Å². The van der Waals surface area contributed by atoms with E-state index in [0.717, 1.165) is 12.0 Å². The van der Waals surface area contributed by atoms with E-state index in [9.17, 15) is 9.59 Å². The third-order valence-electron chi connectivity index (χ3n) is 4.85. The summed E-state index contributed by atoms with van der Waals surface area (Å²) in [4.78, 5) is 27.5. The lowest BCUT2D eigenvalue weighted by Crippen LogP contribution is -2.49. The lowest BCUT2D eigenvalue weighted by molar-refractivity contribution is -0.132. The summed E-state index contributed by atoms with van der Waals surface area (Å²) in [6.07, 6.45) is 1.40. The average molecular weight is 388 g/mol. The summed E-state index contributed by atoms with van der Waals surface area (Å²) in [7, 11) is 0. The van der Waals surface area contributed by atoms with Gasteiger partial charge in [-0.2, -0.15) is 0 Å². The van der Waals surface area contributed by atoms with E-state index in [1.807, 2.05) is 53.4 Å². The Bertz CT molecular complexity index is 740. The molecule has 2 atom stereocenters. The molecule has 144 valence electrons. The fourth-order valence-electron chi connectivity index (χ4n) is 3.33. The normalized spacial score (nSPS) is 17.1. The predicted molar refractivity (Wildman–Crippen MR) is 109 cm³/mol. The highest BCUT2D eigenvalue weighted by Crippen LogP contribution is 2.17. The number of rotatable bonds is 6. The second-order valence-corrected chi connectivity index (χ2v) is 6.76. The molecule has 2 aromatic rings. The first-order valence-corrected chi connectivity index (χ1v) is 9.06.